The number of ether oxygens (including phenoxy) is 3. The van der Waals surface area contributed by atoms with Crippen LogP contribution in [-0.4, -0.2) is 115 Å². The Bertz CT molecular complexity index is 395. The maximum Gasteiger partial charge on any atom is 0.221 e. The molecule has 0 bridgehead atoms. The molecule has 9 unspecified atom stereocenters. The molecule has 0 spiro atoms. The summed E-state index contributed by atoms with van der Waals surface area (Å²) >= 11 is 0. The molecule has 2 fully saturated rings. The summed E-state index contributed by atoms with van der Waals surface area (Å²) in [4.78, 5) is 0. The Labute approximate surface area is 130 Å². The lowest BCUT2D eigenvalue weighted by molar-refractivity contribution is -0.321. The summed E-state index contributed by atoms with van der Waals surface area (Å²) in [7, 11) is 0. The predicted molar refractivity (Wildman–Crippen MR) is 68.6 cm³/mol. The van der Waals surface area contributed by atoms with Crippen LogP contribution in [0.25, 0.3) is 0 Å². The molecule has 0 saturated carbocycles. The Hall–Kier alpha value is -0.440. The molecule has 2 aliphatic rings. The van der Waals surface area contributed by atoms with E-state index < -0.39 is 74.6 Å². The molecule has 0 radical (unpaired) electrons. The molecule has 2 rings (SSSR count). The second-order valence-corrected chi connectivity index (χ2v) is 5.59. The molecule has 0 aliphatic carbocycles. The SMILES string of the molecule is OCC1OC(CO)(OCC2OC(O)C(O)C(O)C2O)C(O)C1O. The Kier molecular flexibility index (Phi) is 5.92. The number of aliphatic hydroxyl groups is 8. The number of hydrogen-bond donors (Lipinski definition) is 8. The minimum absolute atomic E-state index is 0.551. The van der Waals surface area contributed by atoms with E-state index in [1.165, 1.54) is 0 Å². The molecule has 9 atom stereocenters. The molecule has 8 N–H and O–H groups in total. The Balaban J connectivity index is 2.03. The van der Waals surface area contributed by atoms with Crippen LogP contribution >= 0.6 is 0 Å². The third-order valence-corrected chi connectivity index (χ3v) is 4.09. The van der Waals surface area contributed by atoms with E-state index >= 15 is 0 Å². The Morgan fingerprint density at radius 2 is 1.48 bits per heavy atom. The highest BCUT2D eigenvalue weighted by atomic mass is 16.7. The van der Waals surface area contributed by atoms with Gasteiger partial charge in [0.25, 0.3) is 0 Å². The van der Waals surface area contributed by atoms with Gasteiger partial charge in [0.2, 0.25) is 5.79 Å². The fourth-order valence-corrected chi connectivity index (χ4v) is 2.59. The average molecular weight is 342 g/mol. The molecule has 2 aliphatic heterocycles. The van der Waals surface area contributed by atoms with Crippen LogP contribution in [0.5, 0.6) is 0 Å². The van der Waals surface area contributed by atoms with Crippen LogP contribution in [0.1, 0.15) is 0 Å². The monoisotopic (exact) mass is 342 g/mol. The van der Waals surface area contributed by atoms with Crippen molar-refractivity contribution in [2.45, 2.75) is 54.8 Å². The van der Waals surface area contributed by atoms with Gasteiger partial charge in [-0.2, -0.15) is 0 Å². The number of aliphatic hydroxyl groups excluding tert-OH is 8. The molecule has 136 valence electrons. The van der Waals surface area contributed by atoms with Crippen molar-refractivity contribution in [2.24, 2.45) is 0 Å². The zero-order chi connectivity index (χ0) is 17.4. The van der Waals surface area contributed by atoms with Crippen molar-refractivity contribution in [1.29, 1.82) is 0 Å². The first kappa shape index (κ1) is 18.9. The number of rotatable bonds is 5. The standard InChI is InChI=1S/C12H22O11/c13-1-4-7(16)10(19)12(3-14,23-4)21-2-5-6(15)8(17)9(18)11(20)22-5/h4-11,13-20H,1-3H2. The van der Waals surface area contributed by atoms with Crippen LogP contribution in [0, 0.1) is 0 Å². The van der Waals surface area contributed by atoms with Gasteiger partial charge in [-0.25, -0.2) is 0 Å². The van der Waals surface area contributed by atoms with E-state index in [1.807, 2.05) is 0 Å². The summed E-state index contributed by atoms with van der Waals surface area (Å²) in [5.41, 5.74) is 0. The molecule has 0 aromatic heterocycles. The minimum Gasteiger partial charge on any atom is -0.394 e. The highest BCUT2D eigenvalue weighted by Gasteiger charge is 2.56. The molecule has 0 aromatic carbocycles. The van der Waals surface area contributed by atoms with Gasteiger partial charge in [-0.1, -0.05) is 0 Å². The number of hydrogen-bond acceptors (Lipinski definition) is 11. The maximum absolute atomic E-state index is 9.94. The predicted octanol–water partition coefficient (Wildman–Crippen LogP) is -5.40. The van der Waals surface area contributed by atoms with Crippen LogP contribution < -0.4 is 0 Å². The van der Waals surface area contributed by atoms with Gasteiger partial charge in [0.1, 0.15) is 49.3 Å². The largest absolute Gasteiger partial charge is 0.394 e. The second kappa shape index (κ2) is 7.21. The lowest BCUT2D eigenvalue weighted by Gasteiger charge is -2.39. The average Bonchev–Trinajstić information content (AvgIpc) is 2.80. The molecule has 0 amide bonds. The summed E-state index contributed by atoms with van der Waals surface area (Å²) in [6.45, 7) is -2.06. The highest BCUT2D eigenvalue weighted by Crippen LogP contribution is 2.33. The third kappa shape index (κ3) is 3.36. The quantitative estimate of drug-likeness (QED) is 0.238. The summed E-state index contributed by atoms with van der Waals surface area (Å²) in [5.74, 6) is -2.07. The first-order valence-electron chi connectivity index (χ1n) is 7.04. The van der Waals surface area contributed by atoms with Crippen molar-refractivity contribution >= 4 is 0 Å². The van der Waals surface area contributed by atoms with E-state index in [2.05, 4.69) is 0 Å². The van der Waals surface area contributed by atoms with Crippen molar-refractivity contribution in [1.82, 2.24) is 0 Å². The van der Waals surface area contributed by atoms with Crippen LogP contribution in [0.3, 0.4) is 0 Å². The van der Waals surface area contributed by atoms with E-state index in [0.29, 0.717) is 0 Å². The van der Waals surface area contributed by atoms with E-state index in [0.717, 1.165) is 0 Å². The van der Waals surface area contributed by atoms with Gasteiger partial charge in [-0.15, -0.1) is 0 Å². The van der Waals surface area contributed by atoms with Crippen molar-refractivity contribution in [2.75, 3.05) is 19.8 Å². The maximum atomic E-state index is 9.94. The van der Waals surface area contributed by atoms with Gasteiger partial charge in [0, 0.05) is 0 Å². The van der Waals surface area contributed by atoms with Gasteiger partial charge in [-0.3, -0.25) is 0 Å². The zero-order valence-electron chi connectivity index (χ0n) is 12.0. The molecule has 11 heteroatoms. The normalized spacial score (nSPS) is 51.1. The van der Waals surface area contributed by atoms with Crippen LogP contribution in [0.4, 0.5) is 0 Å². The summed E-state index contributed by atoms with van der Waals surface area (Å²) in [6.07, 6.45) is -12.5. The Morgan fingerprint density at radius 1 is 0.826 bits per heavy atom. The lowest BCUT2D eigenvalue weighted by Crippen LogP contribution is -2.60. The fraction of sp³-hybridized carbons (Fsp3) is 1.00. The third-order valence-electron chi connectivity index (χ3n) is 4.09. The first-order chi connectivity index (χ1) is 10.8. The highest BCUT2D eigenvalue weighted by molar-refractivity contribution is 4.97. The van der Waals surface area contributed by atoms with Gasteiger partial charge in [-0.05, 0) is 0 Å². The van der Waals surface area contributed by atoms with Gasteiger partial charge < -0.3 is 55.1 Å². The van der Waals surface area contributed by atoms with Crippen LogP contribution in [-0.2, 0) is 14.2 Å². The van der Waals surface area contributed by atoms with Crippen LogP contribution in [0.2, 0.25) is 0 Å². The van der Waals surface area contributed by atoms with E-state index in [1.54, 1.807) is 0 Å². The Morgan fingerprint density at radius 3 is 2.00 bits per heavy atom. The van der Waals surface area contributed by atoms with Crippen LogP contribution in [0.15, 0.2) is 0 Å². The van der Waals surface area contributed by atoms with Gasteiger partial charge >= 0.3 is 0 Å². The summed E-state index contributed by atoms with van der Waals surface area (Å²) in [5, 5.41) is 76.3. The van der Waals surface area contributed by atoms with Crippen molar-refractivity contribution in [3.63, 3.8) is 0 Å². The zero-order valence-corrected chi connectivity index (χ0v) is 12.0. The van der Waals surface area contributed by atoms with Crippen molar-refractivity contribution in [3.05, 3.63) is 0 Å². The van der Waals surface area contributed by atoms with Gasteiger partial charge in [0.05, 0.1) is 13.2 Å². The summed E-state index contributed by atoms with van der Waals surface area (Å²) < 4.78 is 15.2. The first-order valence-corrected chi connectivity index (χ1v) is 7.04. The molecular weight excluding hydrogens is 320 g/mol. The summed E-state index contributed by atoms with van der Waals surface area (Å²) in [6, 6.07) is 0. The molecule has 0 aromatic rings. The van der Waals surface area contributed by atoms with Crippen molar-refractivity contribution < 1.29 is 55.1 Å². The molecule has 11 nitrogen and oxygen atoms in total. The molecular formula is C12H22O11. The molecule has 2 saturated heterocycles. The minimum atomic E-state index is -2.07. The van der Waals surface area contributed by atoms with E-state index in [4.69, 9.17) is 19.3 Å². The lowest BCUT2D eigenvalue weighted by atomic mass is 9.99. The topological polar surface area (TPSA) is 190 Å². The molecule has 23 heavy (non-hydrogen) atoms. The fourth-order valence-electron chi connectivity index (χ4n) is 2.59. The van der Waals surface area contributed by atoms with E-state index in [-0.39, 0.29) is 0 Å². The smallest absolute Gasteiger partial charge is 0.221 e. The van der Waals surface area contributed by atoms with E-state index in [9.17, 15) is 35.7 Å². The van der Waals surface area contributed by atoms with Crippen molar-refractivity contribution in [3.8, 4) is 0 Å². The molecule has 2 heterocycles. The van der Waals surface area contributed by atoms with Gasteiger partial charge in [0.15, 0.2) is 6.29 Å². The second-order valence-electron chi connectivity index (χ2n) is 5.59.